The largest absolute Gasteiger partial charge is 0.490 e. The number of rotatable bonds is 6. The number of fused-ring (bicyclic) bond motifs is 2. The average molecular weight is 490 g/mol. The summed E-state index contributed by atoms with van der Waals surface area (Å²) < 4.78 is 9.02. The van der Waals surface area contributed by atoms with Crippen LogP contribution in [0.3, 0.4) is 0 Å². The Morgan fingerprint density at radius 1 is 1.22 bits per heavy atom. The number of piperazine rings is 1. The lowest BCUT2D eigenvalue weighted by Crippen LogP contribution is -2.58. The number of ether oxygens (including phenoxy) is 1. The van der Waals surface area contributed by atoms with Crippen molar-refractivity contribution >= 4 is 22.4 Å². The Morgan fingerprint density at radius 2 is 2.03 bits per heavy atom. The lowest BCUT2D eigenvalue weighted by atomic mass is 9.96. The van der Waals surface area contributed by atoms with E-state index >= 15 is 0 Å². The van der Waals surface area contributed by atoms with Crippen molar-refractivity contribution in [1.82, 2.24) is 19.2 Å². The molecule has 2 aromatic heterocycles. The van der Waals surface area contributed by atoms with E-state index in [4.69, 9.17) is 15.1 Å². The molecule has 3 aromatic rings. The minimum atomic E-state index is -0.0588. The average Bonchev–Trinajstić information content (AvgIpc) is 3.33. The number of aryl methyl sites for hydroxylation is 1. The monoisotopic (exact) mass is 489 g/mol. The number of hydrogen-bond donors (Lipinski definition) is 1. The fourth-order valence-electron chi connectivity index (χ4n) is 5.68. The van der Waals surface area contributed by atoms with E-state index in [0.717, 1.165) is 60.6 Å². The maximum Gasteiger partial charge on any atom is 0.252 e. The number of nitrogens with one attached hydrogen (secondary N) is 1. The van der Waals surface area contributed by atoms with Crippen LogP contribution in [0, 0.1) is 11.3 Å². The maximum atomic E-state index is 12.9. The van der Waals surface area contributed by atoms with Crippen LogP contribution in [0.25, 0.3) is 11.0 Å². The van der Waals surface area contributed by atoms with Crippen molar-refractivity contribution in [2.75, 3.05) is 36.5 Å². The van der Waals surface area contributed by atoms with Crippen LogP contribution in [0.1, 0.15) is 45.2 Å². The summed E-state index contributed by atoms with van der Waals surface area (Å²) in [6.07, 6.45) is 3.75. The maximum absolute atomic E-state index is 12.9. The van der Waals surface area contributed by atoms with E-state index in [9.17, 15) is 4.79 Å². The Labute approximate surface area is 211 Å². The molecule has 3 atom stereocenters. The van der Waals surface area contributed by atoms with Crippen LogP contribution in [0.4, 0.5) is 11.4 Å². The predicted molar refractivity (Wildman–Crippen MR) is 142 cm³/mol. The van der Waals surface area contributed by atoms with Gasteiger partial charge in [0.2, 0.25) is 0 Å². The van der Waals surface area contributed by atoms with Crippen LogP contribution >= 0.6 is 0 Å². The fraction of sp³-hybridized carbons (Fsp3) is 0.519. The van der Waals surface area contributed by atoms with Crippen molar-refractivity contribution in [2.45, 2.75) is 58.3 Å². The Hall–Kier alpha value is -3.51. The van der Waals surface area contributed by atoms with Crippen molar-refractivity contribution in [1.29, 1.82) is 5.26 Å². The number of anilines is 2. The van der Waals surface area contributed by atoms with E-state index in [2.05, 4.69) is 60.2 Å². The minimum Gasteiger partial charge on any atom is -0.490 e. The van der Waals surface area contributed by atoms with E-state index in [1.807, 2.05) is 0 Å². The van der Waals surface area contributed by atoms with Crippen molar-refractivity contribution in [2.24, 2.45) is 7.05 Å². The molecule has 0 amide bonds. The van der Waals surface area contributed by atoms with Gasteiger partial charge in [0, 0.05) is 50.9 Å². The van der Waals surface area contributed by atoms with Gasteiger partial charge in [0.25, 0.3) is 5.56 Å². The first-order valence-electron chi connectivity index (χ1n) is 12.9. The summed E-state index contributed by atoms with van der Waals surface area (Å²) in [4.78, 5) is 17.9. The molecular formula is C27H35N7O2. The molecule has 4 heterocycles. The van der Waals surface area contributed by atoms with Gasteiger partial charge in [-0.3, -0.25) is 14.4 Å². The molecule has 9 nitrogen and oxygen atoms in total. The molecular weight excluding hydrogens is 454 g/mol. The van der Waals surface area contributed by atoms with Gasteiger partial charge < -0.3 is 19.5 Å². The van der Waals surface area contributed by atoms with Gasteiger partial charge in [-0.2, -0.15) is 10.4 Å². The second kappa shape index (κ2) is 9.86. The number of nitrogens with zero attached hydrogens (tertiary/aromatic N) is 6. The highest BCUT2D eigenvalue weighted by Gasteiger charge is 2.36. The summed E-state index contributed by atoms with van der Waals surface area (Å²) in [5.41, 5.74) is 4.70. The first-order chi connectivity index (χ1) is 17.4. The highest BCUT2D eigenvalue weighted by molar-refractivity contribution is 5.88. The second-order valence-electron chi connectivity index (χ2n) is 9.83. The van der Waals surface area contributed by atoms with Gasteiger partial charge in [-0.25, -0.2) is 0 Å². The van der Waals surface area contributed by atoms with Crippen molar-refractivity contribution in [3.05, 3.63) is 46.4 Å². The summed E-state index contributed by atoms with van der Waals surface area (Å²) in [6.45, 7) is 10.1. The van der Waals surface area contributed by atoms with Crippen LogP contribution < -0.4 is 20.5 Å². The topological polar surface area (TPSA) is 91.4 Å². The second-order valence-corrected chi connectivity index (χ2v) is 9.83. The summed E-state index contributed by atoms with van der Waals surface area (Å²) in [5, 5.41) is 17.3. The molecule has 2 aliphatic rings. The molecule has 1 unspecified atom stereocenters. The van der Waals surface area contributed by atoms with E-state index < -0.39 is 0 Å². The van der Waals surface area contributed by atoms with Gasteiger partial charge in [-0.1, -0.05) is 19.9 Å². The molecule has 1 fully saturated rings. The summed E-state index contributed by atoms with van der Waals surface area (Å²) in [6, 6.07) is 11.2. The smallest absolute Gasteiger partial charge is 0.252 e. The van der Waals surface area contributed by atoms with Crippen molar-refractivity contribution in [3.63, 3.8) is 0 Å². The third-order valence-electron chi connectivity index (χ3n) is 7.82. The molecule has 0 spiro atoms. The first-order valence-corrected chi connectivity index (χ1v) is 12.9. The highest BCUT2D eigenvalue weighted by atomic mass is 16.5. The van der Waals surface area contributed by atoms with Gasteiger partial charge in [0.05, 0.1) is 29.2 Å². The molecule has 36 heavy (non-hydrogen) atoms. The highest BCUT2D eigenvalue weighted by Crippen LogP contribution is 2.36. The van der Waals surface area contributed by atoms with Crippen LogP contribution in [-0.4, -0.2) is 57.6 Å². The zero-order valence-corrected chi connectivity index (χ0v) is 21.6. The number of hydrogen-bond acceptors (Lipinski definition) is 7. The first kappa shape index (κ1) is 24.2. The van der Waals surface area contributed by atoms with Crippen molar-refractivity contribution < 1.29 is 4.74 Å². The lowest BCUT2D eigenvalue weighted by Gasteiger charge is -2.49. The van der Waals surface area contributed by atoms with Gasteiger partial charge in [-0.05, 0) is 37.5 Å². The van der Waals surface area contributed by atoms with Gasteiger partial charge in [-0.15, -0.1) is 0 Å². The molecule has 1 aromatic carbocycles. The number of pyridine rings is 1. The standard InChI is InChI=1S/C27H35N7O2/c1-5-20-16-34(23-14-26(35)31(4)24-17-32(11-9-28)30-27(23)24)21(6-2)15-33(20)18(3)19-7-8-25-22(13-19)29-10-12-36-25/h7-8,13-14,17-18,20-21,29H,5-6,10-12,15-16H2,1-4H3/t18?,20-,21+/m1/s1. The molecule has 0 aliphatic carbocycles. The SMILES string of the molecule is CC[C@H]1CN(C(C)c2ccc3c(c2)NCCO3)[C@H](CC)CN1c1cc(=O)n(C)c2cn(CC#N)nc12. The van der Waals surface area contributed by atoms with Crippen LogP contribution in [0.2, 0.25) is 0 Å². The third-order valence-corrected chi connectivity index (χ3v) is 7.82. The minimum absolute atomic E-state index is 0.0588. The van der Waals surface area contributed by atoms with E-state index in [1.165, 1.54) is 5.56 Å². The third kappa shape index (κ3) is 4.20. The molecule has 9 heteroatoms. The molecule has 190 valence electrons. The Balaban J connectivity index is 1.48. The number of nitriles is 1. The Morgan fingerprint density at radius 3 is 2.78 bits per heavy atom. The van der Waals surface area contributed by atoms with Gasteiger partial charge in [0.1, 0.15) is 24.4 Å². The number of benzene rings is 1. The normalized spacial score (nSPS) is 20.9. The predicted octanol–water partition coefficient (Wildman–Crippen LogP) is 3.50. The Kier molecular flexibility index (Phi) is 6.63. The summed E-state index contributed by atoms with van der Waals surface area (Å²) in [5.74, 6) is 0.922. The molecule has 1 N–H and O–H groups in total. The molecule has 2 aliphatic heterocycles. The van der Waals surface area contributed by atoms with E-state index in [-0.39, 0.29) is 24.2 Å². The molecule has 1 saturated heterocycles. The van der Waals surface area contributed by atoms with Crippen LogP contribution in [0.15, 0.2) is 35.3 Å². The summed E-state index contributed by atoms with van der Waals surface area (Å²) >= 11 is 0. The van der Waals surface area contributed by atoms with Crippen molar-refractivity contribution in [3.8, 4) is 11.8 Å². The van der Waals surface area contributed by atoms with Crippen LogP contribution in [-0.2, 0) is 13.6 Å². The van der Waals surface area contributed by atoms with Gasteiger partial charge >= 0.3 is 0 Å². The molecule has 0 bridgehead atoms. The lowest BCUT2D eigenvalue weighted by molar-refractivity contribution is 0.101. The summed E-state index contributed by atoms with van der Waals surface area (Å²) in [7, 11) is 1.76. The molecule has 5 rings (SSSR count). The Bertz CT molecular complexity index is 1350. The quantitative estimate of drug-likeness (QED) is 0.567. The zero-order valence-electron chi connectivity index (χ0n) is 21.6. The fourth-order valence-corrected chi connectivity index (χ4v) is 5.68. The number of aromatic nitrogens is 3. The molecule has 0 radical (unpaired) electrons. The van der Waals surface area contributed by atoms with Crippen LogP contribution in [0.5, 0.6) is 5.75 Å². The van der Waals surface area contributed by atoms with E-state index in [0.29, 0.717) is 12.6 Å². The van der Waals surface area contributed by atoms with Gasteiger partial charge in [0.15, 0.2) is 0 Å². The zero-order chi connectivity index (χ0) is 25.4. The van der Waals surface area contributed by atoms with E-state index in [1.54, 1.807) is 28.6 Å². The molecule has 0 saturated carbocycles.